The van der Waals surface area contributed by atoms with Crippen molar-refractivity contribution >= 4 is 0 Å². The minimum atomic E-state index is 0.603. The normalized spacial score (nSPS) is 15.6. The molecule has 23 heavy (non-hydrogen) atoms. The summed E-state index contributed by atoms with van der Waals surface area (Å²) in [6.45, 7) is 6.45. The number of hydrogen-bond donors (Lipinski definition) is 1. The Morgan fingerprint density at radius 1 is 1.04 bits per heavy atom. The number of benzene rings is 1. The van der Waals surface area contributed by atoms with Gasteiger partial charge in [0.05, 0.1) is 7.11 Å². The van der Waals surface area contributed by atoms with Crippen LogP contribution in [0.3, 0.4) is 0 Å². The smallest absolute Gasteiger partial charge is 0.133 e. The Morgan fingerprint density at radius 2 is 1.65 bits per heavy atom. The molecular weight excluding hydrogens is 286 g/mol. The third-order valence-corrected chi connectivity index (χ3v) is 4.64. The van der Waals surface area contributed by atoms with Crippen LogP contribution in [0.25, 0.3) is 0 Å². The van der Waals surface area contributed by atoms with Crippen LogP contribution in [-0.4, -0.2) is 30.2 Å². The molecule has 4 nitrogen and oxygen atoms in total. The van der Waals surface area contributed by atoms with Gasteiger partial charge < -0.3 is 10.1 Å². The van der Waals surface area contributed by atoms with E-state index in [1.165, 1.54) is 24.0 Å². The molecule has 1 saturated heterocycles. The molecule has 0 unspecified atom stereocenters. The Labute approximate surface area is 138 Å². The zero-order valence-corrected chi connectivity index (χ0v) is 14.2. The Bertz CT molecular complexity index is 638. The van der Waals surface area contributed by atoms with Crippen LogP contribution >= 0.6 is 0 Å². The van der Waals surface area contributed by atoms with Crippen LogP contribution in [-0.2, 0) is 6.42 Å². The van der Waals surface area contributed by atoms with Crippen molar-refractivity contribution in [1.82, 2.24) is 15.3 Å². The van der Waals surface area contributed by atoms with E-state index in [1.54, 1.807) is 7.11 Å². The largest absolute Gasteiger partial charge is 0.497 e. The SMILES string of the molecule is COc1ccc(Cc2nc(C)c(C3CCNCC3)c(C)n2)cc1. The molecule has 122 valence electrons. The number of ether oxygens (including phenoxy) is 1. The molecule has 2 aromatic rings. The van der Waals surface area contributed by atoms with E-state index in [-0.39, 0.29) is 0 Å². The molecule has 3 rings (SSSR count). The van der Waals surface area contributed by atoms with Crippen molar-refractivity contribution < 1.29 is 4.74 Å². The van der Waals surface area contributed by atoms with Gasteiger partial charge in [0.15, 0.2) is 0 Å². The monoisotopic (exact) mass is 311 g/mol. The van der Waals surface area contributed by atoms with Crippen molar-refractivity contribution in [2.75, 3.05) is 20.2 Å². The van der Waals surface area contributed by atoms with Gasteiger partial charge in [-0.15, -0.1) is 0 Å². The van der Waals surface area contributed by atoms with Crippen molar-refractivity contribution in [2.24, 2.45) is 0 Å². The van der Waals surface area contributed by atoms with Crippen LogP contribution in [0.4, 0.5) is 0 Å². The van der Waals surface area contributed by atoms with E-state index in [1.807, 2.05) is 12.1 Å². The molecular formula is C19H25N3O. The van der Waals surface area contributed by atoms with Crippen molar-refractivity contribution in [1.29, 1.82) is 0 Å². The molecule has 0 amide bonds. The summed E-state index contributed by atoms with van der Waals surface area (Å²) >= 11 is 0. The third-order valence-electron chi connectivity index (χ3n) is 4.64. The minimum Gasteiger partial charge on any atom is -0.497 e. The molecule has 1 aromatic heterocycles. The molecule has 1 fully saturated rings. The average Bonchev–Trinajstić information content (AvgIpc) is 2.56. The molecule has 0 spiro atoms. The van der Waals surface area contributed by atoms with Crippen LogP contribution in [0.5, 0.6) is 5.75 Å². The average molecular weight is 311 g/mol. The van der Waals surface area contributed by atoms with E-state index in [0.29, 0.717) is 5.92 Å². The molecule has 1 N–H and O–H groups in total. The highest BCUT2D eigenvalue weighted by atomic mass is 16.5. The summed E-state index contributed by atoms with van der Waals surface area (Å²) in [5.41, 5.74) is 4.87. The number of aromatic nitrogens is 2. The predicted molar refractivity (Wildman–Crippen MR) is 92.2 cm³/mol. The van der Waals surface area contributed by atoms with Gasteiger partial charge in [-0.3, -0.25) is 0 Å². The van der Waals surface area contributed by atoms with Gasteiger partial charge in [0.2, 0.25) is 0 Å². The first-order chi connectivity index (χ1) is 11.2. The second kappa shape index (κ2) is 7.09. The number of methoxy groups -OCH3 is 1. The van der Waals surface area contributed by atoms with Crippen molar-refractivity contribution in [2.45, 2.75) is 39.0 Å². The Hall–Kier alpha value is -1.94. The van der Waals surface area contributed by atoms with Gasteiger partial charge in [-0.1, -0.05) is 12.1 Å². The summed E-state index contributed by atoms with van der Waals surface area (Å²) in [5, 5.41) is 3.43. The van der Waals surface area contributed by atoms with Crippen LogP contribution in [0, 0.1) is 13.8 Å². The second-order valence-corrected chi connectivity index (χ2v) is 6.27. The lowest BCUT2D eigenvalue weighted by molar-refractivity contribution is 0.414. The summed E-state index contributed by atoms with van der Waals surface area (Å²) in [6.07, 6.45) is 3.13. The van der Waals surface area contributed by atoms with Gasteiger partial charge in [-0.05, 0) is 69.0 Å². The van der Waals surface area contributed by atoms with E-state index >= 15 is 0 Å². The topological polar surface area (TPSA) is 47.0 Å². The molecule has 0 atom stereocenters. The van der Waals surface area contributed by atoms with E-state index in [0.717, 1.165) is 42.5 Å². The fourth-order valence-corrected chi connectivity index (χ4v) is 3.50. The second-order valence-electron chi connectivity index (χ2n) is 6.27. The molecule has 0 saturated carbocycles. The predicted octanol–water partition coefficient (Wildman–Crippen LogP) is 3.16. The molecule has 0 aliphatic carbocycles. The molecule has 1 aliphatic rings. The maximum atomic E-state index is 5.20. The Kier molecular flexibility index (Phi) is 4.91. The minimum absolute atomic E-state index is 0.603. The molecule has 2 heterocycles. The van der Waals surface area contributed by atoms with Gasteiger partial charge in [-0.2, -0.15) is 0 Å². The van der Waals surface area contributed by atoms with Gasteiger partial charge in [-0.25, -0.2) is 9.97 Å². The fourth-order valence-electron chi connectivity index (χ4n) is 3.50. The summed E-state index contributed by atoms with van der Waals surface area (Å²) in [5.74, 6) is 2.39. The number of piperidine rings is 1. The first kappa shape index (κ1) is 15.9. The number of rotatable bonds is 4. The molecule has 4 heteroatoms. The van der Waals surface area contributed by atoms with Gasteiger partial charge in [0.1, 0.15) is 11.6 Å². The summed E-state index contributed by atoms with van der Waals surface area (Å²) in [7, 11) is 1.68. The maximum absolute atomic E-state index is 5.20. The quantitative estimate of drug-likeness (QED) is 0.942. The number of nitrogens with zero attached hydrogens (tertiary/aromatic N) is 2. The Balaban J connectivity index is 1.80. The van der Waals surface area contributed by atoms with Crippen LogP contribution < -0.4 is 10.1 Å². The highest BCUT2D eigenvalue weighted by molar-refractivity contribution is 5.32. The van der Waals surface area contributed by atoms with Crippen molar-refractivity contribution in [3.8, 4) is 5.75 Å². The first-order valence-electron chi connectivity index (χ1n) is 8.35. The maximum Gasteiger partial charge on any atom is 0.133 e. The van der Waals surface area contributed by atoms with E-state index in [4.69, 9.17) is 14.7 Å². The highest BCUT2D eigenvalue weighted by Crippen LogP contribution is 2.29. The number of aryl methyl sites for hydroxylation is 2. The van der Waals surface area contributed by atoms with Crippen LogP contribution in [0.1, 0.15) is 47.1 Å². The van der Waals surface area contributed by atoms with Crippen LogP contribution in [0.15, 0.2) is 24.3 Å². The fraction of sp³-hybridized carbons (Fsp3) is 0.474. The number of nitrogens with one attached hydrogen (secondary N) is 1. The van der Waals surface area contributed by atoms with Crippen LogP contribution in [0.2, 0.25) is 0 Å². The summed E-state index contributed by atoms with van der Waals surface area (Å²) in [4.78, 5) is 9.57. The highest BCUT2D eigenvalue weighted by Gasteiger charge is 2.21. The number of hydrogen-bond acceptors (Lipinski definition) is 4. The van der Waals surface area contributed by atoms with E-state index in [2.05, 4.69) is 31.3 Å². The molecule has 0 radical (unpaired) electrons. The third kappa shape index (κ3) is 3.70. The lowest BCUT2D eigenvalue weighted by Gasteiger charge is -2.25. The summed E-state index contributed by atoms with van der Waals surface area (Å²) in [6, 6.07) is 8.12. The van der Waals surface area contributed by atoms with Gasteiger partial charge in [0.25, 0.3) is 0 Å². The molecule has 1 aliphatic heterocycles. The summed E-state index contributed by atoms with van der Waals surface area (Å²) < 4.78 is 5.20. The Morgan fingerprint density at radius 3 is 2.22 bits per heavy atom. The first-order valence-corrected chi connectivity index (χ1v) is 8.35. The zero-order chi connectivity index (χ0) is 16.2. The lowest BCUT2D eigenvalue weighted by Crippen LogP contribution is -2.27. The van der Waals surface area contributed by atoms with Crippen molar-refractivity contribution in [3.63, 3.8) is 0 Å². The van der Waals surface area contributed by atoms with Crippen molar-refractivity contribution in [3.05, 3.63) is 52.6 Å². The van der Waals surface area contributed by atoms with Gasteiger partial charge >= 0.3 is 0 Å². The van der Waals surface area contributed by atoms with E-state index in [9.17, 15) is 0 Å². The standard InChI is InChI=1S/C19H25N3O/c1-13-19(16-8-10-20-11-9-16)14(2)22-18(21-13)12-15-4-6-17(23-3)7-5-15/h4-7,16,20H,8-12H2,1-3H3. The molecule has 0 bridgehead atoms. The molecule has 1 aromatic carbocycles. The zero-order valence-electron chi connectivity index (χ0n) is 14.2. The van der Waals surface area contributed by atoms with E-state index < -0.39 is 0 Å². The van der Waals surface area contributed by atoms with Gasteiger partial charge in [0, 0.05) is 17.8 Å². The lowest BCUT2D eigenvalue weighted by atomic mass is 9.88.